The van der Waals surface area contributed by atoms with Crippen LogP contribution < -0.4 is 0 Å². The number of carbonyl (C=O) groups is 1. The molecule has 2 heterocycles. The van der Waals surface area contributed by atoms with Crippen LogP contribution >= 0.6 is 0 Å². The van der Waals surface area contributed by atoms with Crippen molar-refractivity contribution in [2.45, 2.75) is 74.7 Å². The van der Waals surface area contributed by atoms with Crippen LogP contribution in [0, 0.1) is 30.7 Å². The molecule has 1 radical (unpaired) electrons. The fraction of sp³-hybridized carbons (Fsp3) is 0.325. The molecule has 2 aromatic heterocycles. The molecule has 1 aliphatic rings. The molecule has 3 aromatic carbocycles. The second kappa shape index (κ2) is 12.3. The van der Waals surface area contributed by atoms with Crippen LogP contribution in [-0.2, 0) is 30.3 Å². The molecule has 0 aliphatic heterocycles. The summed E-state index contributed by atoms with van der Waals surface area (Å²) in [6, 6.07) is 25.4. The predicted molar refractivity (Wildman–Crippen MR) is 183 cm³/mol. The fourth-order valence-corrected chi connectivity index (χ4v) is 5.86. The van der Waals surface area contributed by atoms with Crippen molar-refractivity contribution in [1.29, 1.82) is 0 Å². The van der Waals surface area contributed by atoms with Gasteiger partial charge in [-0.2, -0.15) is 0 Å². The van der Waals surface area contributed by atoms with Crippen LogP contribution in [0.4, 0.5) is 0 Å². The number of hydrogen-bond acceptors (Lipinski definition) is 4. The first-order valence-corrected chi connectivity index (χ1v) is 15.3. The Labute approximate surface area is 281 Å². The van der Waals surface area contributed by atoms with Gasteiger partial charge in [0.2, 0.25) is 0 Å². The van der Waals surface area contributed by atoms with Crippen molar-refractivity contribution in [3.8, 4) is 22.4 Å². The molecule has 0 saturated carbocycles. The van der Waals surface area contributed by atoms with Crippen LogP contribution in [0.5, 0.6) is 0 Å². The number of aryl methyl sites for hydroxylation is 2. The number of carbonyl (C=O) groups excluding carboxylic acids is 1. The van der Waals surface area contributed by atoms with Crippen molar-refractivity contribution in [2.75, 3.05) is 0 Å². The molecular formula is C40H43IrN2O2-. The van der Waals surface area contributed by atoms with Crippen molar-refractivity contribution < 1.29 is 30.0 Å². The monoisotopic (exact) mass is 776 g/mol. The van der Waals surface area contributed by atoms with E-state index in [0.717, 1.165) is 28.0 Å². The molecular weight excluding hydrogens is 733 g/mol. The van der Waals surface area contributed by atoms with Gasteiger partial charge in [0.15, 0.2) is 5.78 Å². The third-order valence-corrected chi connectivity index (χ3v) is 8.62. The van der Waals surface area contributed by atoms with Gasteiger partial charge in [0.1, 0.15) is 5.76 Å². The van der Waals surface area contributed by atoms with Crippen molar-refractivity contribution in [3.63, 3.8) is 0 Å². The second-order valence-electron chi connectivity index (χ2n) is 14.5. The Morgan fingerprint density at radius 1 is 0.822 bits per heavy atom. The minimum Gasteiger partial charge on any atom is -0.512 e. The normalized spacial score (nSPS) is 13.9. The molecule has 0 saturated heterocycles. The van der Waals surface area contributed by atoms with Crippen LogP contribution in [0.2, 0.25) is 0 Å². The van der Waals surface area contributed by atoms with E-state index in [-0.39, 0.29) is 42.5 Å². The smallest absolute Gasteiger partial charge is 0.164 e. The van der Waals surface area contributed by atoms with Gasteiger partial charge < -0.3 is 10.1 Å². The van der Waals surface area contributed by atoms with E-state index in [1.54, 1.807) is 0 Å². The summed E-state index contributed by atoms with van der Waals surface area (Å²) < 4.78 is 0. The van der Waals surface area contributed by atoms with Gasteiger partial charge in [-0.25, -0.2) is 0 Å². The minimum atomic E-state index is -0.417. The van der Waals surface area contributed by atoms with E-state index in [0.29, 0.717) is 0 Å². The Balaban J connectivity index is 0.000000283. The third-order valence-electron chi connectivity index (χ3n) is 8.62. The molecule has 0 spiro atoms. The number of pyridine rings is 2. The Morgan fingerprint density at radius 2 is 1.49 bits per heavy atom. The van der Waals surface area contributed by atoms with E-state index in [1.165, 1.54) is 44.5 Å². The molecule has 0 atom stereocenters. The Bertz CT molecular complexity index is 1960. The number of fused-ring (bicyclic) bond motifs is 6. The molecule has 4 nitrogen and oxygen atoms in total. The summed E-state index contributed by atoms with van der Waals surface area (Å²) >= 11 is 0. The van der Waals surface area contributed by atoms with Gasteiger partial charge in [-0.1, -0.05) is 97.4 Å². The largest absolute Gasteiger partial charge is 0.512 e. The van der Waals surface area contributed by atoms with Crippen molar-refractivity contribution in [2.24, 2.45) is 10.8 Å². The van der Waals surface area contributed by atoms with Crippen molar-refractivity contribution in [3.05, 3.63) is 107 Å². The number of ketones is 1. The van der Waals surface area contributed by atoms with E-state index >= 15 is 0 Å². The van der Waals surface area contributed by atoms with Gasteiger partial charge in [-0.15, -0.1) is 29.3 Å². The molecule has 5 heteroatoms. The number of rotatable bonds is 2. The number of benzene rings is 3. The first kappa shape index (κ1) is 34.2. The molecule has 0 unspecified atom stereocenters. The van der Waals surface area contributed by atoms with Crippen molar-refractivity contribution in [1.82, 2.24) is 9.97 Å². The van der Waals surface area contributed by atoms with E-state index in [9.17, 15) is 9.90 Å². The molecule has 1 aliphatic carbocycles. The summed E-state index contributed by atoms with van der Waals surface area (Å²) in [6.45, 7) is 19.8. The average Bonchev–Trinajstić information content (AvgIpc) is 3.18. The standard InChI is InChI=1S/C29H23N2.C11H20O2.Ir/c1-17-15-24-20(18(2)31-17)10-11-23-21(24)13-14-30-28(23)19-9-12-27-25(16-19)22-7-5-6-8-26(22)29(27,3)4;1-10(2,3)8(12)7-9(13)11(4,5)6;/h5-8,10-16H,1-4H3;7,12H,1-6H3;/q-1;;/b;8-7-;. The second-order valence-corrected chi connectivity index (χ2v) is 14.5. The molecule has 45 heavy (non-hydrogen) atoms. The third kappa shape index (κ3) is 6.52. The molecule has 1 N–H and O–H groups in total. The Morgan fingerprint density at radius 3 is 2.16 bits per heavy atom. The maximum atomic E-state index is 11.5. The Kier molecular flexibility index (Phi) is 9.33. The molecule has 6 rings (SSSR count). The number of aliphatic hydroxyl groups is 1. The summed E-state index contributed by atoms with van der Waals surface area (Å²) in [6.07, 6.45) is 3.25. The number of aromatic nitrogens is 2. The van der Waals surface area contributed by atoms with Crippen LogP contribution in [-0.4, -0.2) is 20.9 Å². The van der Waals surface area contributed by atoms with Gasteiger partial charge >= 0.3 is 0 Å². The van der Waals surface area contributed by atoms with Gasteiger partial charge in [0.25, 0.3) is 0 Å². The zero-order valence-electron chi connectivity index (χ0n) is 28.0. The number of allylic oxidation sites excluding steroid dienone is 2. The summed E-state index contributed by atoms with van der Waals surface area (Å²) in [7, 11) is 0. The molecule has 0 bridgehead atoms. The van der Waals surface area contributed by atoms with Crippen LogP contribution in [0.25, 0.3) is 43.9 Å². The predicted octanol–water partition coefficient (Wildman–Crippen LogP) is 10.3. The van der Waals surface area contributed by atoms with Crippen molar-refractivity contribution >= 4 is 27.3 Å². The number of aliphatic hydroxyl groups excluding tert-OH is 1. The van der Waals surface area contributed by atoms with Crippen LogP contribution in [0.1, 0.15) is 77.9 Å². The van der Waals surface area contributed by atoms with Crippen LogP contribution in [0.15, 0.2) is 78.7 Å². The minimum absolute atomic E-state index is 0. The quantitative estimate of drug-likeness (QED) is 0.0840. The zero-order chi connectivity index (χ0) is 32.2. The number of hydrogen-bond donors (Lipinski definition) is 1. The van der Waals surface area contributed by atoms with E-state index < -0.39 is 5.41 Å². The van der Waals surface area contributed by atoms with Gasteiger partial charge in [0.05, 0.1) is 0 Å². The molecule has 235 valence electrons. The number of nitrogens with zero attached hydrogens (tertiary/aromatic N) is 2. The van der Waals surface area contributed by atoms with Gasteiger partial charge in [-0.3, -0.25) is 9.78 Å². The molecule has 0 fully saturated rings. The van der Waals surface area contributed by atoms with Gasteiger partial charge in [0, 0.05) is 60.0 Å². The maximum Gasteiger partial charge on any atom is 0.164 e. The van der Waals surface area contributed by atoms with E-state index in [1.807, 2.05) is 47.7 Å². The SMILES string of the molecule is CC(C)(C)C(=O)/C=C(\O)C(C)(C)C.Cc1cc2c(ccc3c(-c4[c-]cc5c(c4)-c4ccccc4C5(C)C)nccc32)c(C)n1.[Ir]. The fourth-order valence-electron chi connectivity index (χ4n) is 5.86. The first-order chi connectivity index (χ1) is 20.5. The zero-order valence-corrected chi connectivity index (χ0v) is 30.4. The molecule has 5 aromatic rings. The summed E-state index contributed by atoms with van der Waals surface area (Å²) in [5.41, 5.74) is 8.69. The molecule has 0 amide bonds. The maximum absolute atomic E-state index is 11.5. The average molecular weight is 776 g/mol. The Hall–Kier alpha value is -3.66. The van der Waals surface area contributed by atoms with Gasteiger partial charge in [-0.05, 0) is 64.4 Å². The summed E-state index contributed by atoms with van der Waals surface area (Å²) in [4.78, 5) is 20.9. The van der Waals surface area contributed by atoms with E-state index in [4.69, 9.17) is 4.98 Å². The van der Waals surface area contributed by atoms with Crippen LogP contribution in [0.3, 0.4) is 0 Å². The topological polar surface area (TPSA) is 63.1 Å². The summed E-state index contributed by atoms with van der Waals surface area (Å²) in [5.74, 6) is 0.104. The summed E-state index contributed by atoms with van der Waals surface area (Å²) in [5, 5.41) is 14.4. The first-order valence-electron chi connectivity index (χ1n) is 15.3. The van der Waals surface area contributed by atoms with E-state index in [2.05, 4.69) is 99.4 Å².